The topological polar surface area (TPSA) is 12.0 Å². The molecule has 104 valence electrons. The fourth-order valence-electron chi connectivity index (χ4n) is 3.38. The quantitative estimate of drug-likeness (QED) is 0.852. The number of benzene rings is 2. The van der Waals surface area contributed by atoms with Gasteiger partial charge in [-0.1, -0.05) is 61.9 Å². The van der Waals surface area contributed by atoms with Gasteiger partial charge >= 0.3 is 0 Å². The molecule has 2 unspecified atom stereocenters. The summed E-state index contributed by atoms with van der Waals surface area (Å²) in [5, 5.41) is 3.51. The highest BCUT2D eigenvalue weighted by atomic mass is 14.9. The summed E-state index contributed by atoms with van der Waals surface area (Å²) in [6, 6.07) is 18.4. The third kappa shape index (κ3) is 2.38. The molecule has 0 bridgehead atoms. The molecule has 0 saturated heterocycles. The second-order valence-electron chi connectivity index (χ2n) is 5.77. The van der Waals surface area contributed by atoms with E-state index in [9.17, 15) is 0 Å². The lowest BCUT2D eigenvalue weighted by molar-refractivity contribution is 0.439. The average Bonchev–Trinajstić information content (AvgIpc) is 2.46. The van der Waals surface area contributed by atoms with Crippen molar-refractivity contribution in [1.29, 1.82) is 0 Å². The third-order valence-corrected chi connectivity index (χ3v) is 4.49. The molecule has 0 amide bonds. The Labute approximate surface area is 122 Å². The van der Waals surface area contributed by atoms with Crippen molar-refractivity contribution in [3.63, 3.8) is 0 Å². The molecule has 1 heteroatoms. The summed E-state index contributed by atoms with van der Waals surface area (Å²) < 4.78 is 0. The summed E-state index contributed by atoms with van der Waals surface area (Å²) in [7, 11) is 2.07. The Morgan fingerprint density at radius 1 is 1.10 bits per heavy atom. The van der Waals surface area contributed by atoms with Crippen LogP contribution < -0.4 is 5.32 Å². The molecule has 2 aromatic carbocycles. The van der Waals surface area contributed by atoms with E-state index >= 15 is 0 Å². The number of hydrogen-bond acceptors (Lipinski definition) is 1. The van der Waals surface area contributed by atoms with Crippen LogP contribution in [0.2, 0.25) is 0 Å². The van der Waals surface area contributed by atoms with Crippen molar-refractivity contribution in [3.8, 4) is 0 Å². The summed E-state index contributed by atoms with van der Waals surface area (Å²) in [6.45, 7) is 2.23. The lowest BCUT2D eigenvalue weighted by Gasteiger charge is -2.36. The van der Waals surface area contributed by atoms with Crippen LogP contribution in [0.1, 0.15) is 47.6 Å². The highest BCUT2D eigenvalue weighted by Crippen LogP contribution is 2.43. The molecule has 3 rings (SSSR count). The van der Waals surface area contributed by atoms with Crippen molar-refractivity contribution in [2.75, 3.05) is 7.05 Å². The maximum absolute atomic E-state index is 3.51. The standard InChI is InChI=1S/C19H23N/c1-3-6-14-9-11-15(12-10-14)19(20-2)18-13-16-7-4-5-8-17(16)18/h4-5,7-12,18-20H,3,6,13H2,1-2H3. The van der Waals surface area contributed by atoms with Crippen LogP contribution in [-0.2, 0) is 12.8 Å². The molecule has 1 nitrogen and oxygen atoms in total. The van der Waals surface area contributed by atoms with Crippen LogP contribution in [0.4, 0.5) is 0 Å². The Bertz CT molecular complexity index is 571. The first-order valence-corrected chi connectivity index (χ1v) is 7.67. The Kier molecular flexibility index (Phi) is 3.88. The van der Waals surface area contributed by atoms with Crippen LogP contribution in [0.25, 0.3) is 0 Å². The molecule has 1 N–H and O–H groups in total. The number of rotatable bonds is 5. The summed E-state index contributed by atoms with van der Waals surface area (Å²) in [6.07, 6.45) is 3.58. The predicted octanol–water partition coefficient (Wildman–Crippen LogP) is 4.24. The highest BCUT2D eigenvalue weighted by molar-refractivity contribution is 5.43. The number of aryl methyl sites for hydroxylation is 1. The zero-order valence-corrected chi connectivity index (χ0v) is 12.4. The van der Waals surface area contributed by atoms with E-state index < -0.39 is 0 Å². The van der Waals surface area contributed by atoms with Gasteiger partial charge in [-0.25, -0.2) is 0 Å². The van der Waals surface area contributed by atoms with Gasteiger partial charge in [0.2, 0.25) is 0 Å². The monoisotopic (exact) mass is 265 g/mol. The molecule has 1 aliphatic carbocycles. The van der Waals surface area contributed by atoms with Gasteiger partial charge < -0.3 is 5.32 Å². The van der Waals surface area contributed by atoms with Crippen molar-refractivity contribution in [2.45, 2.75) is 38.1 Å². The Morgan fingerprint density at radius 3 is 2.50 bits per heavy atom. The van der Waals surface area contributed by atoms with E-state index in [4.69, 9.17) is 0 Å². The molecule has 0 heterocycles. The van der Waals surface area contributed by atoms with Gasteiger partial charge in [-0.2, -0.15) is 0 Å². The molecule has 0 fully saturated rings. The van der Waals surface area contributed by atoms with Gasteiger partial charge in [-0.3, -0.25) is 0 Å². The normalized spacial score (nSPS) is 18.2. The summed E-state index contributed by atoms with van der Waals surface area (Å²) in [5.74, 6) is 0.619. The molecule has 0 aliphatic heterocycles. The van der Waals surface area contributed by atoms with Crippen molar-refractivity contribution in [1.82, 2.24) is 5.32 Å². The highest BCUT2D eigenvalue weighted by Gasteiger charge is 2.32. The van der Waals surface area contributed by atoms with Crippen LogP contribution >= 0.6 is 0 Å². The largest absolute Gasteiger partial charge is 0.312 e. The first kappa shape index (κ1) is 13.4. The maximum atomic E-state index is 3.51. The molecule has 0 radical (unpaired) electrons. The first-order valence-electron chi connectivity index (χ1n) is 7.67. The van der Waals surface area contributed by atoms with E-state index in [0.29, 0.717) is 12.0 Å². The van der Waals surface area contributed by atoms with E-state index in [1.165, 1.54) is 41.5 Å². The van der Waals surface area contributed by atoms with Crippen LogP contribution in [-0.4, -0.2) is 7.05 Å². The van der Waals surface area contributed by atoms with Crippen molar-refractivity contribution < 1.29 is 0 Å². The number of likely N-dealkylation sites (N-methyl/N-ethyl adjacent to an activating group) is 1. The second kappa shape index (κ2) is 5.80. The van der Waals surface area contributed by atoms with Crippen LogP contribution in [0.5, 0.6) is 0 Å². The van der Waals surface area contributed by atoms with Crippen molar-refractivity contribution in [3.05, 3.63) is 70.8 Å². The minimum Gasteiger partial charge on any atom is -0.312 e. The first-order chi connectivity index (χ1) is 9.83. The van der Waals surface area contributed by atoms with E-state index in [1.54, 1.807) is 0 Å². The van der Waals surface area contributed by atoms with E-state index in [2.05, 4.69) is 67.8 Å². The van der Waals surface area contributed by atoms with E-state index in [0.717, 1.165) is 0 Å². The molecule has 20 heavy (non-hydrogen) atoms. The summed E-state index contributed by atoms with van der Waals surface area (Å²) in [5.41, 5.74) is 5.89. The van der Waals surface area contributed by atoms with Gasteiger partial charge in [0, 0.05) is 12.0 Å². The number of nitrogens with one attached hydrogen (secondary N) is 1. The lowest BCUT2D eigenvalue weighted by Crippen LogP contribution is -2.31. The van der Waals surface area contributed by atoms with Gasteiger partial charge in [-0.15, -0.1) is 0 Å². The summed E-state index contributed by atoms with van der Waals surface area (Å²) in [4.78, 5) is 0. The Balaban J connectivity index is 1.81. The maximum Gasteiger partial charge on any atom is 0.0390 e. The fourth-order valence-corrected chi connectivity index (χ4v) is 3.38. The minimum atomic E-state index is 0.431. The van der Waals surface area contributed by atoms with Crippen LogP contribution in [0, 0.1) is 0 Å². The summed E-state index contributed by atoms with van der Waals surface area (Å²) >= 11 is 0. The molecule has 2 aromatic rings. The Morgan fingerprint density at radius 2 is 1.85 bits per heavy atom. The molecule has 2 atom stereocenters. The smallest absolute Gasteiger partial charge is 0.0390 e. The number of fused-ring (bicyclic) bond motifs is 1. The van der Waals surface area contributed by atoms with Crippen LogP contribution in [0.3, 0.4) is 0 Å². The van der Waals surface area contributed by atoms with Gasteiger partial charge in [0.25, 0.3) is 0 Å². The minimum absolute atomic E-state index is 0.431. The molecule has 0 saturated carbocycles. The van der Waals surface area contributed by atoms with Crippen LogP contribution in [0.15, 0.2) is 48.5 Å². The average molecular weight is 265 g/mol. The molecule has 0 spiro atoms. The molecule has 0 aromatic heterocycles. The second-order valence-corrected chi connectivity index (χ2v) is 5.77. The zero-order valence-electron chi connectivity index (χ0n) is 12.4. The third-order valence-electron chi connectivity index (χ3n) is 4.49. The van der Waals surface area contributed by atoms with Gasteiger partial charge in [0.15, 0.2) is 0 Å². The van der Waals surface area contributed by atoms with Gasteiger partial charge in [0.1, 0.15) is 0 Å². The zero-order chi connectivity index (χ0) is 13.9. The van der Waals surface area contributed by atoms with E-state index in [-0.39, 0.29) is 0 Å². The molecule has 1 aliphatic rings. The van der Waals surface area contributed by atoms with Gasteiger partial charge in [0.05, 0.1) is 0 Å². The predicted molar refractivity (Wildman–Crippen MR) is 85.1 cm³/mol. The lowest BCUT2D eigenvalue weighted by atomic mass is 9.72. The van der Waals surface area contributed by atoms with Gasteiger partial charge in [-0.05, 0) is 42.1 Å². The van der Waals surface area contributed by atoms with Crippen molar-refractivity contribution >= 4 is 0 Å². The molecular weight excluding hydrogens is 242 g/mol. The number of hydrogen-bond donors (Lipinski definition) is 1. The SMILES string of the molecule is CCCc1ccc(C(NC)C2Cc3ccccc32)cc1. The fraction of sp³-hybridized carbons (Fsp3) is 0.368. The van der Waals surface area contributed by atoms with Crippen molar-refractivity contribution in [2.24, 2.45) is 0 Å². The Hall–Kier alpha value is -1.60. The molecular formula is C19H23N. The van der Waals surface area contributed by atoms with E-state index in [1.807, 2.05) is 0 Å².